The first-order valence-electron chi connectivity index (χ1n) is 6.51. The first-order chi connectivity index (χ1) is 9.47. The molecule has 0 fully saturated rings. The van der Waals surface area contributed by atoms with Crippen LogP contribution in [0.4, 0.5) is 16.2 Å². The third-order valence-electron chi connectivity index (χ3n) is 2.51. The molecule has 0 saturated carbocycles. The van der Waals surface area contributed by atoms with Crippen molar-refractivity contribution in [3.63, 3.8) is 0 Å². The van der Waals surface area contributed by atoms with Gasteiger partial charge in [-0.15, -0.1) is 0 Å². The van der Waals surface area contributed by atoms with Crippen LogP contribution in [-0.2, 0) is 4.79 Å². The number of hydrogen-bond acceptors (Lipinski definition) is 3. The van der Waals surface area contributed by atoms with Gasteiger partial charge < -0.3 is 16.4 Å². The number of amides is 3. The maximum atomic E-state index is 11.7. The molecule has 0 aliphatic heterocycles. The molecule has 1 aromatic rings. The Hall–Kier alpha value is -1.69. The van der Waals surface area contributed by atoms with Gasteiger partial charge in [-0.2, -0.15) is 11.8 Å². The van der Waals surface area contributed by atoms with E-state index in [-0.39, 0.29) is 5.91 Å². The van der Waals surface area contributed by atoms with Crippen LogP contribution in [-0.4, -0.2) is 23.4 Å². The normalized spacial score (nSPS) is 10.3. The minimum atomic E-state index is -0.608. The van der Waals surface area contributed by atoms with E-state index in [0.717, 1.165) is 12.2 Å². The molecule has 110 valence electrons. The summed E-state index contributed by atoms with van der Waals surface area (Å²) in [6.45, 7) is 4.34. The third kappa shape index (κ3) is 7.04. The van der Waals surface area contributed by atoms with E-state index in [1.807, 2.05) is 0 Å². The van der Waals surface area contributed by atoms with Gasteiger partial charge in [-0.25, -0.2) is 4.79 Å². The van der Waals surface area contributed by atoms with Gasteiger partial charge in [0, 0.05) is 11.4 Å². The Morgan fingerprint density at radius 3 is 2.20 bits per heavy atom. The van der Waals surface area contributed by atoms with Gasteiger partial charge in [0.2, 0.25) is 5.91 Å². The maximum Gasteiger partial charge on any atom is 0.316 e. The highest BCUT2D eigenvalue weighted by Crippen LogP contribution is 2.14. The summed E-state index contributed by atoms with van der Waals surface area (Å²) in [5.41, 5.74) is 6.31. The van der Waals surface area contributed by atoms with Gasteiger partial charge in [0.15, 0.2) is 0 Å². The molecule has 0 unspecified atom stereocenters. The lowest BCUT2D eigenvalue weighted by molar-refractivity contribution is -0.113. The van der Waals surface area contributed by atoms with Crippen molar-refractivity contribution in [3.05, 3.63) is 24.3 Å². The van der Waals surface area contributed by atoms with Crippen LogP contribution in [0.15, 0.2) is 24.3 Å². The molecule has 20 heavy (non-hydrogen) atoms. The van der Waals surface area contributed by atoms with E-state index in [0.29, 0.717) is 23.0 Å². The Balaban J connectivity index is 2.33. The monoisotopic (exact) mass is 295 g/mol. The van der Waals surface area contributed by atoms with Crippen LogP contribution in [0.5, 0.6) is 0 Å². The van der Waals surface area contributed by atoms with Gasteiger partial charge in [0.05, 0.1) is 5.75 Å². The van der Waals surface area contributed by atoms with Crippen LogP contribution in [0.25, 0.3) is 0 Å². The average Bonchev–Trinajstić information content (AvgIpc) is 2.36. The van der Waals surface area contributed by atoms with E-state index in [4.69, 9.17) is 5.73 Å². The number of hydrogen-bond donors (Lipinski definition) is 3. The average molecular weight is 295 g/mol. The zero-order valence-corrected chi connectivity index (χ0v) is 12.6. The van der Waals surface area contributed by atoms with Crippen molar-refractivity contribution in [1.82, 2.24) is 0 Å². The Morgan fingerprint density at radius 2 is 1.70 bits per heavy atom. The molecule has 0 spiro atoms. The number of anilines is 2. The quantitative estimate of drug-likeness (QED) is 0.676. The van der Waals surface area contributed by atoms with Gasteiger partial charge >= 0.3 is 6.03 Å². The molecule has 4 N–H and O–H groups in total. The molecular weight excluding hydrogens is 274 g/mol. The van der Waals surface area contributed by atoms with Crippen molar-refractivity contribution in [1.29, 1.82) is 0 Å². The number of thioether (sulfide) groups is 1. The Labute approximate surface area is 123 Å². The van der Waals surface area contributed by atoms with Crippen LogP contribution in [0.3, 0.4) is 0 Å². The number of carbonyl (C=O) groups excluding carboxylic acids is 2. The summed E-state index contributed by atoms with van der Waals surface area (Å²) in [5, 5.41) is 5.27. The molecule has 1 rings (SSSR count). The summed E-state index contributed by atoms with van der Waals surface area (Å²) in [7, 11) is 0. The fourth-order valence-electron chi connectivity index (χ4n) is 1.46. The second-order valence-corrected chi connectivity index (χ2v) is 5.96. The molecule has 0 aliphatic carbocycles. The molecular formula is C14H21N3O2S. The topological polar surface area (TPSA) is 84.2 Å². The zero-order chi connectivity index (χ0) is 15.0. The molecule has 6 heteroatoms. The van der Waals surface area contributed by atoms with E-state index in [2.05, 4.69) is 24.5 Å². The second-order valence-electron chi connectivity index (χ2n) is 4.85. The fraction of sp³-hybridized carbons (Fsp3) is 0.429. The van der Waals surface area contributed by atoms with Crippen LogP contribution in [0.1, 0.15) is 20.3 Å². The first kappa shape index (κ1) is 16.4. The number of nitrogens with two attached hydrogens (primary N) is 1. The van der Waals surface area contributed by atoms with Crippen molar-refractivity contribution in [2.45, 2.75) is 20.3 Å². The van der Waals surface area contributed by atoms with E-state index in [1.54, 1.807) is 36.0 Å². The van der Waals surface area contributed by atoms with Crippen molar-refractivity contribution in [2.75, 3.05) is 22.1 Å². The summed E-state index contributed by atoms with van der Waals surface area (Å²) in [4.78, 5) is 22.4. The van der Waals surface area contributed by atoms with Gasteiger partial charge in [-0.05, 0) is 42.4 Å². The Kier molecular flexibility index (Phi) is 6.93. The van der Waals surface area contributed by atoms with Gasteiger partial charge in [-0.1, -0.05) is 13.8 Å². The summed E-state index contributed by atoms with van der Waals surface area (Å²) in [5.74, 6) is 2.09. The Morgan fingerprint density at radius 1 is 1.15 bits per heavy atom. The van der Waals surface area contributed by atoms with E-state index >= 15 is 0 Å². The van der Waals surface area contributed by atoms with Crippen LogP contribution >= 0.6 is 11.8 Å². The lowest BCUT2D eigenvalue weighted by Crippen LogP contribution is -2.19. The summed E-state index contributed by atoms with van der Waals surface area (Å²) >= 11 is 1.63. The number of benzene rings is 1. The predicted octanol–water partition coefficient (Wildman–Crippen LogP) is 2.89. The van der Waals surface area contributed by atoms with E-state index < -0.39 is 6.03 Å². The summed E-state index contributed by atoms with van der Waals surface area (Å²) in [6.07, 6.45) is 1.12. The maximum absolute atomic E-state index is 11.7. The van der Waals surface area contributed by atoms with Crippen LogP contribution < -0.4 is 16.4 Å². The molecule has 0 aliphatic rings. The molecule has 0 aromatic heterocycles. The molecule has 3 amide bonds. The molecule has 0 heterocycles. The number of rotatable bonds is 7. The number of carbonyl (C=O) groups is 2. The standard InChI is InChI=1S/C14H21N3O2S/c1-10(2)7-8-20-9-13(18)16-11-3-5-12(6-4-11)17-14(15)19/h3-6,10H,7-9H2,1-2H3,(H,16,18)(H3,15,17,19). The second kappa shape index (κ2) is 8.47. The van der Waals surface area contributed by atoms with Crippen molar-refractivity contribution < 1.29 is 9.59 Å². The molecule has 1 aromatic carbocycles. The van der Waals surface area contributed by atoms with Gasteiger partial charge in [0.25, 0.3) is 0 Å². The van der Waals surface area contributed by atoms with Crippen LogP contribution in [0, 0.1) is 5.92 Å². The summed E-state index contributed by atoms with van der Waals surface area (Å²) < 4.78 is 0. The van der Waals surface area contributed by atoms with Crippen molar-refractivity contribution >= 4 is 35.1 Å². The molecule has 0 saturated heterocycles. The third-order valence-corrected chi connectivity index (χ3v) is 3.50. The minimum absolute atomic E-state index is 0.0191. The largest absolute Gasteiger partial charge is 0.351 e. The number of primary amides is 1. The molecule has 0 radical (unpaired) electrons. The summed E-state index contributed by atoms with van der Waals surface area (Å²) in [6, 6.07) is 6.21. The van der Waals surface area contributed by atoms with E-state index in [9.17, 15) is 9.59 Å². The lowest BCUT2D eigenvalue weighted by atomic mass is 10.2. The predicted molar refractivity (Wildman–Crippen MR) is 85.1 cm³/mol. The number of nitrogens with one attached hydrogen (secondary N) is 2. The molecule has 5 nitrogen and oxygen atoms in total. The van der Waals surface area contributed by atoms with Gasteiger partial charge in [-0.3, -0.25) is 4.79 Å². The minimum Gasteiger partial charge on any atom is -0.351 e. The lowest BCUT2D eigenvalue weighted by Gasteiger charge is -2.07. The smallest absolute Gasteiger partial charge is 0.316 e. The van der Waals surface area contributed by atoms with Gasteiger partial charge in [0.1, 0.15) is 0 Å². The van der Waals surface area contributed by atoms with Crippen molar-refractivity contribution in [2.24, 2.45) is 11.7 Å². The number of urea groups is 1. The van der Waals surface area contributed by atoms with Crippen LogP contribution in [0.2, 0.25) is 0 Å². The highest BCUT2D eigenvalue weighted by Gasteiger charge is 2.03. The fourth-order valence-corrected chi connectivity index (χ4v) is 2.50. The first-order valence-corrected chi connectivity index (χ1v) is 7.67. The highest BCUT2D eigenvalue weighted by atomic mass is 32.2. The highest BCUT2D eigenvalue weighted by molar-refractivity contribution is 7.99. The molecule has 0 bridgehead atoms. The SMILES string of the molecule is CC(C)CCSCC(=O)Nc1ccc(NC(N)=O)cc1. The van der Waals surface area contributed by atoms with Crippen molar-refractivity contribution in [3.8, 4) is 0 Å². The van der Waals surface area contributed by atoms with E-state index in [1.165, 1.54) is 0 Å². The zero-order valence-electron chi connectivity index (χ0n) is 11.8. The molecule has 0 atom stereocenters. The Bertz CT molecular complexity index is 446.